The van der Waals surface area contributed by atoms with Gasteiger partial charge in [0.05, 0.1) is 11.7 Å². The van der Waals surface area contributed by atoms with Crippen LogP contribution in [0.25, 0.3) is 10.6 Å². The second kappa shape index (κ2) is 8.29. The fourth-order valence-corrected chi connectivity index (χ4v) is 4.18. The van der Waals surface area contributed by atoms with Gasteiger partial charge in [0.15, 0.2) is 5.82 Å². The van der Waals surface area contributed by atoms with Crippen molar-refractivity contribution in [3.05, 3.63) is 53.1 Å². The first kappa shape index (κ1) is 18.3. The summed E-state index contributed by atoms with van der Waals surface area (Å²) >= 11 is 1.72. The van der Waals surface area contributed by atoms with Crippen LogP contribution in [-0.2, 0) is 13.0 Å². The fourth-order valence-electron chi connectivity index (χ4n) is 3.37. The molecule has 1 atom stereocenters. The van der Waals surface area contributed by atoms with Crippen molar-refractivity contribution in [2.24, 2.45) is 0 Å². The van der Waals surface area contributed by atoms with E-state index in [1.165, 1.54) is 5.56 Å². The van der Waals surface area contributed by atoms with Crippen LogP contribution in [0, 0.1) is 0 Å². The van der Waals surface area contributed by atoms with Gasteiger partial charge in [-0.1, -0.05) is 42.4 Å². The van der Waals surface area contributed by atoms with Crippen LogP contribution in [0.2, 0.25) is 0 Å². The first-order valence-electron chi connectivity index (χ1n) is 9.51. The molecule has 0 N–H and O–H groups in total. The highest BCUT2D eigenvalue weighted by atomic mass is 32.1. The molecule has 0 aliphatic carbocycles. The van der Waals surface area contributed by atoms with Gasteiger partial charge in [0, 0.05) is 50.1 Å². The Morgan fingerprint density at radius 3 is 2.59 bits per heavy atom. The van der Waals surface area contributed by atoms with Crippen LogP contribution in [0.4, 0.5) is 0 Å². The van der Waals surface area contributed by atoms with Crippen LogP contribution >= 0.6 is 11.3 Å². The third kappa shape index (κ3) is 4.26. The lowest BCUT2D eigenvalue weighted by Gasteiger charge is -2.36. The summed E-state index contributed by atoms with van der Waals surface area (Å²) in [6.07, 6.45) is 0.808. The number of hydrogen-bond acceptors (Lipinski definition) is 7. The van der Waals surface area contributed by atoms with Gasteiger partial charge >= 0.3 is 0 Å². The highest BCUT2D eigenvalue weighted by Gasteiger charge is 2.26. The number of benzene rings is 1. The van der Waals surface area contributed by atoms with Crippen molar-refractivity contribution in [2.75, 3.05) is 26.2 Å². The molecule has 6 nitrogen and oxygen atoms in total. The van der Waals surface area contributed by atoms with Crippen LogP contribution in [0.5, 0.6) is 0 Å². The zero-order valence-electron chi connectivity index (χ0n) is 15.8. The number of rotatable bonds is 6. The van der Waals surface area contributed by atoms with Gasteiger partial charge in [-0.3, -0.25) is 9.80 Å². The first-order chi connectivity index (χ1) is 13.2. The van der Waals surface area contributed by atoms with Gasteiger partial charge < -0.3 is 4.52 Å². The van der Waals surface area contributed by atoms with Crippen molar-refractivity contribution in [3.63, 3.8) is 0 Å². The van der Waals surface area contributed by atoms with E-state index in [0.29, 0.717) is 0 Å². The minimum Gasteiger partial charge on any atom is -0.338 e. The van der Waals surface area contributed by atoms with E-state index >= 15 is 0 Å². The van der Waals surface area contributed by atoms with E-state index in [2.05, 4.69) is 56.5 Å². The molecule has 0 spiro atoms. The average Bonchev–Trinajstić information content (AvgIpc) is 3.38. The summed E-state index contributed by atoms with van der Waals surface area (Å²) in [5.41, 5.74) is 2.35. The average molecular weight is 384 g/mol. The van der Waals surface area contributed by atoms with E-state index < -0.39 is 0 Å². The van der Waals surface area contributed by atoms with E-state index in [9.17, 15) is 0 Å². The van der Waals surface area contributed by atoms with Crippen LogP contribution < -0.4 is 0 Å². The molecule has 4 rings (SSSR count). The number of hydrogen-bond donors (Lipinski definition) is 0. The molecule has 1 unspecified atom stereocenters. The van der Waals surface area contributed by atoms with Crippen molar-refractivity contribution in [1.82, 2.24) is 24.9 Å². The summed E-state index contributed by atoms with van der Waals surface area (Å²) in [6.45, 7) is 9.15. The van der Waals surface area contributed by atoms with Gasteiger partial charge in [-0.2, -0.15) is 4.98 Å². The molecule has 1 fully saturated rings. The Balaban J connectivity index is 1.31. The fraction of sp³-hybridized carbons (Fsp3) is 0.450. The number of nitrogens with zero attached hydrogens (tertiary/aromatic N) is 5. The van der Waals surface area contributed by atoms with Crippen LogP contribution in [0.15, 0.2) is 40.2 Å². The highest BCUT2D eigenvalue weighted by molar-refractivity contribution is 7.13. The topological polar surface area (TPSA) is 58.3 Å². The molecule has 0 saturated carbocycles. The Hall–Kier alpha value is -2.09. The minimum absolute atomic E-state index is 0.170. The molecule has 0 amide bonds. The van der Waals surface area contributed by atoms with E-state index in [0.717, 1.165) is 61.6 Å². The second-order valence-electron chi connectivity index (χ2n) is 6.90. The number of aromatic nitrogens is 3. The molecule has 0 radical (unpaired) electrons. The molecule has 3 aromatic rings. The van der Waals surface area contributed by atoms with E-state index in [-0.39, 0.29) is 6.04 Å². The molecule has 0 bridgehead atoms. The number of thiazole rings is 1. The number of aryl methyl sites for hydroxylation is 1. The van der Waals surface area contributed by atoms with Crippen LogP contribution in [-0.4, -0.2) is 51.1 Å². The number of piperazine rings is 1. The largest absolute Gasteiger partial charge is 0.338 e. The van der Waals surface area contributed by atoms with E-state index in [4.69, 9.17) is 9.51 Å². The molecule has 7 heteroatoms. The lowest BCUT2D eigenvalue weighted by Crippen LogP contribution is -2.46. The summed E-state index contributed by atoms with van der Waals surface area (Å²) in [6, 6.07) is 10.6. The second-order valence-corrected chi connectivity index (χ2v) is 7.76. The monoisotopic (exact) mass is 383 g/mol. The van der Waals surface area contributed by atoms with E-state index in [1.807, 2.05) is 13.0 Å². The normalized spacial score (nSPS) is 17.3. The molecule has 1 aromatic carbocycles. The van der Waals surface area contributed by atoms with Crippen LogP contribution in [0.1, 0.15) is 37.3 Å². The molecule has 1 aliphatic heterocycles. The Morgan fingerprint density at radius 1 is 1.11 bits per heavy atom. The van der Waals surface area contributed by atoms with Gasteiger partial charge in [0.1, 0.15) is 5.01 Å². The molecule has 1 aliphatic rings. The highest BCUT2D eigenvalue weighted by Crippen LogP contribution is 2.25. The zero-order valence-corrected chi connectivity index (χ0v) is 16.7. The minimum atomic E-state index is 0.170. The molecule has 27 heavy (non-hydrogen) atoms. The van der Waals surface area contributed by atoms with Crippen molar-refractivity contribution in [1.29, 1.82) is 0 Å². The zero-order chi connectivity index (χ0) is 18.6. The SMILES string of the molecule is CCc1noc(C(C)N2CCN(Cc3csc(-c4ccccc4)n3)CC2)n1. The van der Waals surface area contributed by atoms with Crippen molar-refractivity contribution in [2.45, 2.75) is 32.9 Å². The molecule has 3 heterocycles. The summed E-state index contributed by atoms with van der Waals surface area (Å²) in [5.74, 6) is 1.51. The third-order valence-corrected chi connectivity index (χ3v) is 6.01. The molecular weight excluding hydrogens is 358 g/mol. The van der Waals surface area contributed by atoms with Gasteiger partial charge in [-0.25, -0.2) is 4.98 Å². The van der Waals surface area contributed by atoms with Crippen molar-refractivity contribution >= 4 is 11.3 Å². The summed E-state index contributed by atoms with van der Waals surface area (Å²) < 4.78 is 5.41. The summed E-state index contributed by atoms with van der Waals surface area (Å²) in [7, 11) is 0. The standard InChI is InChI=1S/C20H25N5OS/c1-3-18-22-19(26-23-18)15(2)25-11-9-24(10-12-25)13-17-14-27-20(21-17)16-7-5-4-6-8-16/h4-8,14-15H,3,9-13H2,1-2H3. The third-order valence-electron chi connectivity index (χ3n) is 5.07. The Kier molecular flexibility index (Phi) is 5.61. The lowest BCUT2D eigenvalue weighted by atomic mass is 10.2. The Morgan fingerprint density at radius 2 is 1.89 bits per heavy atom. The predicted octanol–water partition coefficient (Wildman–Crippen LogP) is 3.63. The quantitative estimate of drug-likeness (QED) is 0.648. The lowest BCUT2D eigenvalue weighted by molar-refractivity contribution is 0.0840. The Labute approximate surface area is 163 Å². The van der Waals surface area contributed by atoms with Gasteiger partial charge in [0.2, 0.25) is 5.89 Å². The van der Waals surface area contributed by atoms with Crippen molar-refractivity contribution < 1.29 is 4.52 Å². The molecule has 142 valence electrons. The predicted molar refractivity (Wildman–Crippen MR) is 106 cm³/mol. The van der Waals surface area contributed by atoms with Gasteiger partial charge in [-0.05, 0) is 6.92 Å². The van der Waals surface area contributed by atoms with Gasteiger partial charge in [-0.15, -0.1) is 11.3 Å². The maximum absolute atomic E-state index is 5.41. The maximum atomic E-state index is 5.41. The molecule has 2 aromatic heterocycles. The van der Waals surface area contributed by atoms with Crippen LogP contribution in [0.3, 0.4) is 0 Å². The summed E-state index contributed by atoms with van der Waals surface area (Å²) in [4.78, 5) is 14.2. The Bertz CT molecular complexity index is 854. The van der Waals surface area contributed by atoms with Crippen molar-refractivity contribution in [3.8, 4) is 10.6 Å². The summed E-state index contributed by atoms with van der Waals surface area (Å²) in [5, 5.41) is 7.30. The smallest absolute Gasteiger partial charge is 0.243 e. The van der Waals surface area contributed by atoms with E-state index in [1.54, 1.807) is 11.3 Å². The molecular formula is C20H25N5OS. The van der Waals surface area contributed by atoms with Gasteiger partial charge in [0.25, 0.3) is 0 Å². The molecule has 1 saturated heterocycles. The first-order valence-corrected chi connectivity index (χ1v) is 10.4. The maximum Gasteiger partial charge on any atom is 0.243 e.